The molecule has 1 unspecified atom stereocenters. The van der Waals surface area contributed by atoms with Gasteiger partial charge >= 0.3 is 12.3 Å². The van der Waals surface area contributed by atoms with Gasteiger partial charge in [0.15, 0.2) is 0 Å². The summed E-state index contributed by atoms with van der Waals surface area (Å²) >= 11 is 0. The Morgan fingerprint density at radius 1 is 1.33 bits per heavy atom. The Labute approximate surface area is 101 Å². The first-order valence-electron chi connectivity index (χ1n) is 5.19. The van der Waals surface area contributed by atoms with Crippen molar-refractivity contribution in [2.45, 2.75) is 12.2 Å². The normalized spacial score (nSPS) is 19.8. The maximum absolute atomic E-state index is 12.4. The molecule has 96 valence electrons. The zero-order valence-electron chi connectivity index (χ0n) is 9.28. The van der Waals surface area contributed by atoms with Crippen LogP contribution in [0.5, 0.6) is 0 Å². The summed E-state index contributed by atoms with van der Waals surface area (Å²) in [4.78, 5) is 12.7. The Morgan fingerprint density at radius 3 is 2.44 bits per heavy atom. The van der Waals surface area contributed by atoms with Gasteiger partial charge in [-0.15, -0.1) is 6.58 Å². The number of carbonyl (C=O) groups is 1. The smallest absolute Gasteiger partial charge is 0.416 e. The molecule has 1 aromatic rings. The van der Waals surface area contributed by atoms with Crippen LogP contribution in [0, 0.1) is 0 Å². The highest BCUT2D eigenvalue weighted by molar-refractivity contribution is 5.90. The van der Waals surface area contributed by atoms with Gasteiger partial charge in [0.2, 0.25) is 0 Å². The largest absolute Gasteiger partial charge is 0.447 e. The van der Waals surface area contributed by atoms with Crippen molar-refractivity contribution in [2.75, 3.05) is 11.5 Å². The van der Waals surface area contributed by atoms with Crippen LogP contribution in [0.3, 0.4) is 0 Å². The van der Waals surface area contributed by atoms with E-state index in [-0.39, 0.29) is 12.6 Å². The first-order chi connectivity index (χ1) is 8.43. The fourth-order valence-corrected chi connectivity index (χ4v) is 1.72. The minimum absolute atomic E-state index is 0.156. The van der Waals surface area contributed by atoms with E-state index >= 15 is 0 Å². The predicted octanol–water partition coefficient (Wildman–Crippen LogP) is 3.22. The van der Waals surface area contributed by atoms with Gasteiger partial charge < -0.3 is 4.74 Å². The molecule has 1 aliphatic heterocycles. The van der Waals surface area contributed by atoms with Gasteiger partial charge in [0, 0.05) is 5.69 Å². The second-order valence-electron chi connectivity index (χ2n) is 3.79. The van der Waals surface area contributed by atoms with E-state index in [2.05, 4.69) is 6.58 Å². The quantitative estimate of drug-likeness (QED) is 0.761. The van der Waals surface area contributed by atoms with E-state index < -0.39 is 17.8 Å². The van der Waals surface area contributed by atoms with Crippen molar-refractivity contribution < 1.29 is 22.7 Å². The van der Waals surface area contributed by atoms with Gasteiger partial charge in [-0.3, -0.25) is 4.90 Å². The lowest BCUT2D eigenvalue weighted by Gasteiger charge is -2.19. The highest BCUT2D eigenvalue weighted by Gasteiger charge is 2.34. The molecule has 0 saturated carbocycles. The van der Waals surface area contributed by atoms with Crippen LogP contribution in [0.2, 0.25) is 0 Å². The van der Waals surface area contributed by atoms with Crippen molar-refractivity contribution in [2.24, 2.45) is 0 Å². The molecule has 3 nitrogen and oxygen atoms in total. The number of nitrogens with zero attached hydrogens (tertiary/aromatic N) is 1. The number of halogens is 3. The molecule has 0 aromatic heterocycles. The van der Waals surface area contributed by atoms with Crippen LogP contribution >= 0.6 is 0 Å². The molecule has 1 amide bonds. The number of hydrogen-bond acceptors (Lipinski definition) is 2. The Balaban J connectivity index is 2.29. The third kappa shape index (κ3) is 2.18. The van der Waals surface area contributed by atoms with Gasteiger partial charge in [0.1, 0.15) is 6.61 Å². The topological polar surface area (TPSA) is 29.5 Å². The second-order valence-corrected chi connectivity index (χ2v) is 3.79. The van der Waals surface area contributed by atoms with Crippen molar-refractivity contribution in [1.82, 2.24) is 0 Å². The number of hydrogen-bond donors (Lipinski definition) is 0. The van der Waals surface area contributed by atoms with Crippen molar-refractivity contribution in [1.29, 1.82) is 0 Å². The molecule has 2 rings (SSSR count). The molecule has 0 spiro atoms. The lowest BCUT2D eigenvalue weighted by Crippen LogP contribution is -2.31. The number of ether oxygens (including phenoxy) is 1. The predicted molar refractivity (Wildman–Crippen MR) is 59.3 cm³/mol. The van der Waals surface area contributed by atoms with Crippen LogP contribution in [-0.4, -0.2) is 18.7 Å². The fraction of sp³-hybridized carbons (Fsp3) is 0.250. The summed E-state index contributed by atoms with van der Waals surface area (Å²) in [6, 6.07) is 3.99. The fourth-order valence-electron chi connectivity index (χ4n) is 1.72. The van der Waals surface area contributed by atoms with E-state index in [0.717, 1.165) is 12.1 Å². The number of rotatable bonds is 2. The van der Waals surface area contributed by atoms with Crippen molar-refractivity contribution >= 4 is 11.8 Å². The highest BCUT2D eigenvalue weighted by atomic mass is 19.4. The second kappa shape index (κ2) is 4.36. The van der Waals surface area contributed by atoms with Crippen molar-refractivity contribution in [3.63, 3.8) is 0 Å². The van der Waals surface area contributed by atoms with Gasteiger partial charge in [0.05, 0.1) is 11.6 Å². The minimum atomic E-state index is -4.39. The van der Waals surface area contributed by atoms with Crippen LogP contribution < -0.4 is 4.90 Å². The van der Waals surface area contributed by atoms with E-state index in [1.807, 2.05) is 0 Å². The zero-order valence-corrected chi connectivity index (χ0v) is 9.28. The van der Waals surface area contributed by atoms with Gasteiger partial charge in [-0.1, -0.05) is 6.08 Å². The van der Waals surface area contributed by atoms with E-state index in [4.69, 9.17) is 4.74 Å². The maximum Gasteiger partial charge on any atom is 0.416 e. The van der Waals surface area contributed by atoms with Gasteiger partial charge in [-0.2, -0.15) is 13.2 Å². The molecule has 1 atom stereocenters. The van der Waals surface area contributed by atoms with Crippen LogP contribution in [0.1, 0.15) is 5.56 Å². The van der Waals surface area contributed by atoms with Gasteiger partial charge in [-0.05, 0) is 24.3 Å². The number of anilines is 1. The molecule has 0 radical (unpaired) electrons. The van der Waals surface area contributed by atoms with Crippen LogP contribution in [0.25, 0.3) is 0 Å². The molecule has 1 saturated heterocycles. The average Bonchev–Trinajstić information content (AvgIpc) is 2.69. The molecular formula is C12H10F3NO2. The van der Waals surface area contributed by atoms with Crippen LogP contribution in [-0.2, 0) is 10.9 Å². The molecule has 1 aromatic carbocycles. The summed E-state index contributed by atoms with van der Waals surface area (Å²) in [5.74, 6) is 0. The van der Waals surface area contributed by atoms with Gasteiger partial charge in [-0.25, -0.2) is 4.79 Å². The molecule has 1 aliphatic rings. The number of carbonyl (C=O) groups excluding carboxylic acids is 1. The summed E-state index contributed by atoms with van der Waals surface area (Å²) in [5, 5.41) is 0. The Bertz CT molecular complexity index is 467. The lowest BCUT2D eigenvalue weighted by molar-refractivity contribution is -0.137. The average molecular weight is 257 g/mol. The van der Waals surface area contributed by atoms with E-state index in [1.165, 1.54) is 23.1 Å². The molecule has 1 heterocycles. The Morgan fingerprint density at radius 2 is 1.94 bits per heavy atom. The lowest BCUT2D eigenvalue weighted by atomic mass is 10.1. The van der Waals surface area contributed by atoms with Gasteiger partial charge in [0.25, 0.3) is 0 Å². The molecule has 1 fully saturated rings. The van der Waals surface area contributed by atoms with Crippen LogP contribution in [0.4, 0.5) is 23.7 Å². The van der Waals surface area contributed by atoms with Crippen LogP contribution in [0.15, 0.2) is 36.9 Å². The maximum atomic E-state index is 12.4. The molecular weight excluding hydrogens is 247 g/mol. The molecule has 0 N–H and O–H groups in total. The summed E-state index contributed by atoms with van der Waals surface area (Å²) in [6.07, 6.45) is -3.45. The summed E-state index contributed by atoms with van der Waals surface area (Å²) in [6.45, 7) is 3.71. The standard InChI is InChI=1S/C12H10F3NO2/c1-2-9-7-18-11(17)16(9)10-5-3-8(4-6-10)12(13,14)15/h2-6,9H,1,7H2. The Hall–Kier alpha value is -1.98. The van der Waals surface area contributed by atoms with Crippen molar-refractivity contribution in [3.05, 3.63) is 42.5 Å². The first kappa shape index (κ1) is 12.5. The molecule has 0 aliphatic carbocycles. The number of cyclic esters (lactones) is 1. The van der Waals surface area contributed by atoms with E-state index in [0.29, 0.717) is 5.69 Å². The highest BCUT2D eigenvalue weighted by Crippen LogP contribution is 2.31. The zero-order chi connectivity index (χ0) is 13.3. The van der Waals surface area contributed by atoms with E-state index in [9.17, 15) is 18.0 Å². The summed E-state index contributed by atoms with van der Waals surface area (Å²) < 4.78 is 42.0. The third-order valence-corrected chi connectivity index (χ3v) is 2.65. The summed E-state index contributed by atoms with van der Waals surface area (Å²) in [7, 11) is 0. The first-order valence-corrected chi connectivity index (χ1v) is 5.19. The third-order valence-electron chi connectivity index (χ3n) is 2.65. The number of benzene rings is 1. The Kier molecular flexibility index (Phi) is 3.02. The molecule has 6 heteroatoms. The summed E-state index contributed by atoms with van der Waals surface area (Å²) in [5.41, 5.74) is -0.399. The minimum Gasteiger partial charge on any atom is -0.447 e. The van der Waals surface area contributed by atoms with Crippen molar-refractivity contribution in [3.8, 4) is 0 Å². The molecule has 18 heavy (non-hydrogen) atoms. The van der Waals surface area contributed by atoms with E-state index in [1.54, 1.807) is 0 Å². The molecule has 0 bridgehead atoms. The number of amides is 1. The SMILES string of the molecule is C=CC1COC(=O)N1c1ccc(C(F)(F)F)cc1. The monoisotopic (exact) mass is 257 g/mol. The number of alkyl halides is 3.